The number of hydrogen-bond acceptors (Lipinski definition) is 6. The average Bonchev–Trinajstić information content (AvgIpc) is 3.03. The van der Waals surface area contributed by atoms with Crippen molar-refractivity contribution in [1.82, 2.24) is 25.0 Å². The zero-order valence-electron chi connectivity index (χ0n) is 15.2. The van der Waals surface area contributed by atoms with Gasteiger partial charge in [-0.3, -0.25) is 14.3 Å². The van der Waals surface area contributed by atoms with Gasteiger partial charge in [-0.25, -0.2) is 14.3 Å². The lowest BCUT2D eigenvalue weighted by atomic mass is 9.97. The van der Waals surface area contributed by atoms with Gasteiger partial charge >= 0.3 is 5.76 Å². The third-order valence-corrected chi connectivity index (χ3v) is 4.02. The van der Waals surface area contributed by atoms with Crippen LogP contribution in [-0.4, -0.2) is 25.6 Å². The first kappa shape index (κ1) is 18.5. The molecule has 2 aromatic heterocycles. The van der Waals surface area contributed by atoms with Gasteiger partial charge in [-0.2, -0.15) is 0 Å². The van der Waals surface area contributed by atoms with Gasteiger partial charge in [0.1, 0.15) is 12.2 Å². The van der Waals surface area contributed by atoms with Crippen molar-refractivity contribution in [2.75, 3.05) is 0 Å². The highest BCUT2D eigenvalue weighted by molar-refractivity contribution is 5.76. The molecule has 1 atom stereocenters. The molecule has 140 valence electrons. The Hall–Kier alpha value is -3.29. The summed E-state index contributed by atoms with van der Waals surface area (Å²) in [6.45, 7) is 3.98. The van der Waals surface area contributed by atoms with Crippen LogP contribution in [0.3, 0.4) is 0 Å². The normalized spacial score (nSPS) is 12.1. The van der Waals surface area contributed by atoms with Gasteiger partial charge in [-0.1, -0.05) is 49.3 Å². The smallest absolute Gasteiger partial charge is 0.348 e. The summed E-state index contributed by atoms with van der Waals surface area (Å²) in [6.07, 6.45) is 5.23. The van der Waals surface area contributed by atoms with E-state index in [1.807, 2.05) is 30.3 Å². The van der Waals surface area contributed by atoms with Gasteiger partial charge in [0.25, 0.3) is 0 Å². The average molecular weight is 367 g/mol. The number of nitrogens with one attached hydrogen (secondary N) is 1. The van der Waals surface area contributed by atoms with Crippen LogP contribution in [-0.2, 0) is 11.3 Å². The summed E-state index contributed by atoms with van der Waals surface area (Å²) in [4.78, 5) is 32.7. The van der Waals surface area contributed by atoms with Crippen molar-refractivity contribution in [3.05, 3.63) is 65.0 Å². The quantitative estimate of drug-likeness (QED) is 0.687. The minimum absolute atomic E-state index is 0.144. The standard InChI is InChI=1S/C19H21N5O3/c1-13(2)10-15(14-6-4-3-5-7-14)22-17(25)12-24-18(23-27-19(24)26)16-11-20-8-9-21-16/h3-9,11,13,15H,10,12H2,1-2H3,(H,22,25). The Morgan fingerprint density at radius 3 is 2.67 bits per heavy atom. The first-order valence-corrected chi connectivity index (χ1v) is 8.71. The van der Waals surface area contributed by atoms with Gasteiger partial charge in [0.2, 0.25) is 11.7 Å². The Morgan fingerprint density at radius 1 is 1.22 bits per heavy atom. The van der Waals surface area contributed by atoms with Crippen molar-refractivity contribution in [3.8, 4) is 11.5 Å². The van der Waals surface area contributed by atoms with Gasteiger partial charge in [-0.15, -0.1) is 0 Å². The maximum absolute atomic E-state index is 12.6. The molecule has 0 saturated carbocycles. The summed E-state index contributed by atoms with van der Waals surface area (Å²) in [6, 6.07) is 9.61. The van der Waals surface area contributed by atoms with Crippen molar-refractivity contribution in [3.63, 3.8) is 0 Å². The number of hydrogen-bond donors (Lipinski definition) is 1. The number of carbonyl (C=O) groups excluding carboxylic acids is 1. The molecule has 3 aromatic rings. The minimum atomic E-state index is -0.717. The monoisotopic (exact) mass is 367 g/mol. The van der Waals surface area contributed by atoms with Crippen LogP contribution in [0.15, 0.2) is 58.2 Å². The first-order valence-electron chi connectivity index (χ1n) is 8.71. The second-order valence-corrected chi connectivity index (χ2v) is 6.61. The van der Waals surface area contributed by atoms with Crippen molar-refractivity contribution < 1.29 is 9.32 Å². The van der Waals surface area contributed by atoms with Crippen LogP contribution in [0, 0.1) is 5.92 Å². The summed E-state index contributed by atoms with van der Waals surface area (Å²) in [5.41, 5.74) is 1.38. The molecular formula is C19H21N5O3. The molecule has 3 rings (SSSR count). The largest absolute Gasteiger partial charge is 0.442 e. The number of aromatic nitrogens is 4. The molecule has 8 heteroatoms. The lowest BCUT2D eigenvalue weighted by Gasteiger charge is -2.21. The Labute approximate surface area is 156 Å². The molecule has 1 unspecified atom stereocenters. The molecule has 0 aliphatic heterocycles. The summed E-state index contributed by atoms with van der Waals surface area (Å²) >= 11 is 0. The third-order valence-electron chi connectivity index (χ3n) is 4.02. The maximum atomic E-state index is 12.6. The Bertz CT molecular complexity index is 935. The van der Waals surface area contributed by atoms with E-state index in [-0.39, 0.29) is 24.3 Å². The van der Waals surface area contributed by atoms with Gasteiger partial charge in [-0.05, 0) is 17.9 Å². The molecule has 0 fully saturated rings. The van der Waals surface area contributed by atoms with Crippen molar-refractivity contribution in [1.29, 1.82) is 0 Å². The van der Waals surface area contributed by atoms with E-state index in [0.717, 1.165) is 16.6 Å². The predicted octanol–water partition coefficient (Wildman–Crippen LogP) is 2.20. The van der Waals surface area contributed by atoms with Crippen molar-refractivity contribution >= 4 is 5.91 Å². The Kier molecular flexibility index (Phi) is 5.75. The van der Waals surface area contributed by atoms with E-state index < -0.39 is 5.76 Å². The first-order chi connectivity index (χ1) is 13.0. The summed E-state index contributed by atoms with van der Waals surface area (Å²) in [5, 5.41) is 6.72. The molecule has 8 nitrogen and oxygen atoms in total. The molecule has 27 heavy (non-hydrogen) atoms. The molecule has 1 amide bonds. The summed E-state index contributed by atoms with van der Waals surface area (Å²) in [5.74, 6) is -0.460. The molecule has 0 bridgehead atoms. The van der Waals surface area contributed by atoms with Crippen molar-refractivity contribution in [2.24, 2.45) is 5.92 Å². The van der Waals surface area contributed by atoms with Gasteiger partial charge < -0.3 is 5.32 Å². The lowest BCUT2D eigenvalue weighted by molar-refractivity contribution is -0.122. The molecule has 2 heterocycles. The number of amides is 1. The summed E-state index contributed by atoms with van der Waals surface area (Å²) in [7, 11) is 0. The van der Waals surface area contributed by atoms with Gasteiger partial charge in [0, 0.05) is 12.4 Å². The Morgan fingerprint density at radius 2 is 2.00 bits per heavy atom. The number of rotatable bonds is 7. The fraction of sp³-hybridized carbons (Fsp3) is 0.316. The van der Waals surface area contributed by atoms with Crippen LogP contribution < -0.4 is 11.1 Å². The second-order valence-electron chi connectivity index (χ2n) is 6.61. The highest BCUT2D eigenvalue weighted by Gasteiger charge is 2.20. The maximum Gasteiger partial charge on any atom is 0.442 e. The van der Waals surface area contributed by atoms with Crippen LogP contribution in [0.2, 0.25) is 0 Å². The van der Waals surface area contributed by atoms with Crippen LogP contribution in [0.25, 0.3) is 11.5 Å². The van der Waals surface area contributed by atoms with Crippen LogP contribution >= 0.6 is 0 Å². The van der Waals surface area contributed by atoms with Crippen LogP contribution in [0.1, 0.15) is 31.9 Å². The third kappa shape index (κ3) is 4.66. The highest BCUT2D eigenvalue weighted by Crippen LogP contribution is 2.21. The molecule has 0 saturated heterocycles. The molecule has 1 aromatic carbocycles. The molecule has 0 spiro atoms. The molecular weight excluding hydrogens is 346 g/mol. The minimum Gasteiger partial charge on any atom is -0.348 e. The lowest BCUT2D eigenvalue weighted by Crippen LogP contribution is -2.34. The number of nitrogens with zero attached hydrogens (tertiary/aromatic N) is 4. The van der Waals surface area contributed by atoms with Gasteiger partial charge in [0.15, 0.2) is 0 Å². The SMILES string of the molecule is CC(C)CC(NC(=O)Cn1c(-c2cnccn2)noc1=O)c1ccccc1. The van der Waals surface area contributed by atoms with E-state index in [4.69, 9.17) is 4.52 Å². The Balaban J connectivity index is 1.79. The van der Waals surface area contributed by atoms with Crippen LogP contribution in [0.5, 0.6) is 0 Å². The van der Waals surface area contributed by atoms with E-state index in [1.54, 1.807) is 0 Å². The van der Waals surface area contributed by atoms with E-state index in [1.165, 1.54) is 18.6 Å². The molecule has 0 aliphatic rings. The zero-order chi connectivity index (χ0) is 19.2. The fourth-order valence-electron chi connectivity index (χ4n) is 2.83. The number of carbonyl (C=O) groups is 1. The number of benzene rings is 1. The molecule has 0 aliphatic carbocycles. The van der Waals surface area contributed by atoms with E-state index in [2.05, 4.69) is 34.3 Å². The second kappa shape index (κ2) is 8.39. The highest BCUT2D eigenvalue weighted by atomic mass is 16.5. The molecule has 0 radical (unpaired) electrons. The predicted molar refractivity (Wildman–Crippen MR) is 98.6 cm³/mol. The van der Waals surface area contributed by atoms with E-state index in [0.29, 0.717) is 11.6 Å². The zero-order valence-corrected chi connectivity index (χ0v) is 15.2. The summed E-state index contributed by atoms with van der Waals surface area (Å²) < 4.78 is 5.86. The fourth-order valence-corrected chi connectivity index (χ4v) is 2.83. The van der Waals surface area contributed by atoms with E-state index >= 15 is 0 Å². The molecule has 1 N–H and O–H groups in total. The van der Waals surface area contributed by atoms with E-state index in [9.17, 15) is 9.59 Å². The van der Waals surface area contributed by atoms with Crippen LogP contribution in [0.4, 0.5) is 0 Å². The van der Waals surface area contributed by atoms with Gasteiger partial charge in [0.05, 0.1) is 12.2 Å². The topological polar surface area (TPSA) is 103 Å². The van der Waals surface area contributed by atoms with Crippen molar-refractivity contribution in [2.45, 2.75) is 32.9 Å².